The lowest BCUT2D eigenvalue weighted by atomic mass is 9.93. The smallest absolute Gasteiger partial charge is 0.318 e. The third-order valence-corrected chi connectivity index (χ3v) is 7.45. The number of allylic oxidation sites excluding steroid dienone is 1. The van der Waals surface area contributed by atoms with E-state index in [4.69, 9.17) is 9.47 Å². The molecule has 0 saturated carbocycles. The van der Waals surface area contributed by atoms with E-state index >= 15 is 0 Å². The van der Waals surface area contributed by atoms with Crippen LogP contribution in [0.25, 0.3) is 0 Å². The van der Waals surface area contributed by atoms with E-state index in [0.717, 1.165) is 44.0 Å². The fourth-order valence-corrected chi connectivity index (χ4v) is 5.25. The Morgan fingerprint density at radius 3 is 2.68 bits per heavy atom. The van der Waals surface area contributed by atoms with Crippen LogP contribution in [-0.4, -0.2) is 88.1 Å². The maximum Gasteiger partial charge on any atom is 0.318 e. The number of piperazine rings is 1. The van der Waals surface area contributed by atoms with Crippen molar-refractivity contribution in [2.75, 3.05) is 70.7 Å². The zero-order chi connectivity index (χ0) is 26.8. The van der Waals surface area contributed by atoms with Gasteiger partial charge in [0, 0.05) is 63.6 Å². The Hall–Kier alpha value is -4.07. The summed E-state index contributed by atoms with van der Waals surface area (Å²) in [4.78, 5) is 31.9. The molecular formula is C28H32N6O4. The standard InChI is InChI=1S/C28H32N6O4/c1-30-28(36)31-18-4-7-25-22(14-18)27(35)26(38-25)16-21-20-15-19(37-3)5-6-23(20)34(24(21)17-29)13-12-33-10-8-32(2)9-11-33/h4-7,14-16,21,24H,8-13H2,1-3H3,(H2,30,31,36)/b26-16-. The number of nitrogens with one attached hydrogen (secondary N) is 2. The molecule has 3 heterocycles. The number of hydrogen-bond donors (Lipinski definition) is 2. The molecule has 5 rings (SSSR count). The number of ether oxygens (including phenoxy) is 2. The van der Waals surface area contributed by atoms with Crippen LogP contribution in [0.4, 0.5) is 16.2 Å². The predicted molar refractivity (Wildman–Crippen MR) is 144 cm³/mol. The lowest BCUT2D eigenvalue weighted by Crippen LogP contribution is -2.47. The molecule has 2 N–H and O–H groups in total. The van der Waals surface area contributed by atoms with Gasteiger partial charge in [0.25, 0.3) is 0 Å². The highest BCUT2D eigenvalue weighted by Gasteiger charge is 2.40. The molecule has 198 valence electrons. The van der Waals surface area contributed by atoms with Crippen LogP contribution in [0.1, 0.15) is 21.8 Å². The minimum Gasteiger partial charge on any atom is -0.497 e. The van der Waals surface area contributed by atoms with Crippen LogP contribution < -0.4 is 25.0 Å². The number of carbonyl (C=O) groups excluding carboxylic acids is 2. The van der Waals surface area contributed by atoms with Gasteiger partial charge in [0.05, 0.1) is 18.7 Å². The minimum atomic E-state index is -0.498. The van der Waals surface area contributed by atoms with Gasteiger partial charge < -0.3 is 29.9 Å². The summed E-state index contributed by atoms with van der Waals surface area (Å²) in [5.74, 6) is 0.633. The normalized spacial score (nSPS) is 22.0. The van der Waals surface area contributed by atoms with Crippen LogP contribution in [0.3, 0.4) is 0 Å². The summed E-state index contributed by atoms with van der Waals surface area (Å²) >= 11 is 0. The molecule has 0 aliphatic carbocycles. The Labute approximate surface area is 222 Å². The SMILES string of the molecule is CNC(=O)Nc1ccc2c(c1)C(=O)/C(=C/C1c3cc(OC)ccc3N(CCN3CCN(C)CC3)C1C#N)O2. The minimum absolute atomic E-state index is 0.178. The van der Waals surface area contributed by atoms with E-state index in [1.807, 2.05) is 18.2 Å². The van der Waals surface area contributed by atoms with Crippen molar-refractivity contribution < 1.29 is 19.1 Å². The number of methoxy groups -OCH3 is 1. The maximum absolute atomic E-state index is 13.3. The first kappa shape index (κ1) is 25.6. The molecule has 1 fully saturated rings. The van der Waals surface area contributed by atoms with Gasteiger partial charge in [-0.2, -0.15) is 5.26 Å². The van der Waals surface area contributed by atoms with Crippen molar-refractivity contribution in [2.45, 2.75) is 12.0 Å². The molecule has 2 aromatic rings. The fourth-order valence-electron chi connectivity index (χ4n) is 5.25. The first-order valence-electron chi connectivity index (χ1n) is 12.7. The van der Waals surface area contributed by atoms with E-state index in [1.54, 1.807) is 31.4 Å². The van der Waals surface area contributed by atoms with Gasteiger partial charge in [-0.15, -0.1) is 0 Å². The monoisotopic (exact) mass is 516 g/mol. The molecule has 0 bridgehead atoms. The molecule has 0 aromatic heterocycles. The number of urea groups is 1. The zero-order valence-corrected chi connectivity index (χ0v) is 21.9. The molecule has 2 amide bonds. The lowest BCUT2D eigenvalue weighted by Gasteiger charge is -2.34. The van der Waals surface area contributed by atoms with Gasteiger partial charge in [-0.05, 0) is 55.1 Å². The van der Waals surface area contributed by atoms with Gasteiger partial charge in [0.15, 0.2) is 5.76 Å². The Morgan fingerprint density at radius 1 is 1.18 bits per heavy atom. The number of nitrogens with zero attached hydrogens (tertiary/aromatic N) is 4. The molecule has 0 radical (unpaired) electrons. The summed E-state index contributed by atoms with van der Waals surface area (Å²) in [7, 11) is 5.27. The Morgan fingerprint density at radius 2 is 1.97 bits per heavy atom. The van der Waals surface area contributed by atoms with E-state index in [9.17, 15) is 14.9 Å². The number of rotatable bonds is 6. The average molecular weight is 517 g/mol. The van der Waals surface area contributed by atoms with E-state index in [1.165, 1.54) is 7.05 Å². The summed E-state index contributed by atoms with van der Waals surface area (Å²) in [5.41, 5.74) is 2.75. The molecule has 10 nitrogen and oxygen atoms in total. The molecule has 0 spiro atoms. The number of nitriles is 1. The van der Waals surface area contributed by atoms with Gasteiger partial charge in [-0.3, -0.25) is 9.69 Å². The van der Waals surface area contributed by atoms with Gasteiger partial charge in [0.2, 0.25) is 5.78 Å². The summed E-state index contributed by atoms with van der Waals surface area (Å²) in [6, 6.07) is 12.4. The zero-order valence-electron chi connectivity index (χ0n) is 21.9. The Kier molecular flexibility index (Phi) is 7.22. The number of likely N-dealkylation sites (N-methyl/N-ethyl adjacent to an activating group) is 1. The molecule has 2 unspecified atom stereocenters. The third-order valence-electron chi connectivity index (χ3n) is 7.45. The number of hydrogen-bond acceptors (Lipinski definition) is 8. The lowest BCUT2D eigenvalue weighted by molar-refractivity contribution is 0.101. The third kappa shape index (κ3) is 4.90. The average Bonchev–Trinajstić information content (AvgIpc) is 3.41. The van der Waals surface area contributed by atoms with Crippen molar-refractivity contribution in [3.05, 3.63) is 59.4 Å². The van der Waals surface area contributed by atoms with Crippen molar-refractivity contribution in [3.63, 3.8) is 0 Å². The Bertz CT molecular complexity index is 1310. The van der Waals surface area contributed by atoms with Crippen molar-refractivity contribution >= 4 is 23.2 Å². The Balaban J connectivity index is 1.42. The van der Waals surface area contributed by atoms with Crippen LogP contribution >= 0.6 is 0 Å². The highest BCUT2D eigenvalue weighted by Crippen LogP contribution is 2.45. The summed E-state index contributed by atoms with van der Waals surface area (Å²) in [6.45, 7) is 5.62. The number of ketones is 1. The van der Waals surface area contributed by atoms with Gasteiger partial charge in [0.1, 0.15) is 17.5 Å². The molecule has 2 atom stereocenters. The molecule has 2 aromatic carbocycles. The van der Waals surface area contributed by atoms with Crippen LogP contribution in [-0.2, 0) is 0 Å². The van der Waals surface area contributed by atoms with Crippen LogP contribution in [0.15, 0.2) is 48.2 Å². The largest absolute Gasteiger partial charge is 0.497 e. The number of carbonyl (C=O) groups is 2. The highest BCUT2D eigenvalue weighted by atomic mass is 16.5. The number of amides is 2. The van der Waals surface area contributed by atoms with Crippen molar-refractivity contribution in [2.24, 2.45) is 0 Å². The van der Waals surface area contributed by atoms with Gasteiger partial charge >= 0.3 is 6.03 Å². The molecule has 3 aliphatic rings. The predicted octanol–water partition coefficient (Wildman–Crippen LogP) is 2.65. The van der Waals surface area contributed by atoms with E-state index < -0.39 is 6.04 Å². The molecule has 38 heavy (non-hydrogen) atoms. The van der Waals surface area contributed by atoms with Gasteiger partial charge in [-0.1, -0.05) is 0 Å². The van der Waals surface area contributed by atoms with Gasteiger partial charge in [-0.25, -0.2) is 4.79 Å². The quantitative estimate of drug-likeness (QED) is 0.564. The molecule has 3 aliphatic heterocycles. The maximum atomic E-state index is 13.3. The fraction of sp³-hybridized carbons (Fsp3) is 0.393. The van der Waals surface area contributed by atoms with Crippen LogP contribution in [0.2, 0.25) is 0 Å². The number of Topliss-reactive ketones (excluding diaryl/α,β-unsaturated/α-hetero) is 1. The van der Waals surface area contributed by atoms with Crippen molar-refractivity contribution in [1.82, 2.24) is 15.1 Å². The second kappa shape index (κ2) is 10.7. The molecule has 1 saturated heterocycles. The second-order valence-corrected chi connectivity index (χ2v) is 9.74. The second-order valence-electron chi connectivity index (χ2n) is 9.74. The summed E-state index contributed by atoms with van der Waals surface area (Å²) in [5, 5.41) is 15.5. The van der Waals surface area contributed by atoms with Crippen molar-refractivity contribution in [3.8, 4) is 17.6 Å². The summed E-state index contributed by atoms with van der Waals surface area (Å²) < 4.78 is 11.4. The topological polar surface area (TPSA) is 110 Å². The summed E-state index contributed by atoms with van der Waals surface area (Å²) in [6.07, 6.45) is 1.76. The number of benzene rings is 2. The first-order valence-corrected chi connectivity index (χ1v) is 12.7. The van der Waals surface area contributed by atoms with E-state index in [-0.39, 0.29) is 23.5 Å². The first-order chi connectivity index (χ1) is 18.4. The van der Waals surface area contributed by atoms with E-state index in [0.29, 0.717) is 29.3 Å². The van der Waals surface area contributed by atoms with E-state index in [2.05, 4.69) is 38.5 Å². The molecule has 10 heteroatoms. The van der Waals surface area contributed by atoms with Crippen LogP contribution in [0.5, 0.6) is 11.5 Å². The molecular weight excluding hydrogens is 484 g/mol. The number of anilines is 2. The number of fused-ring (bicyclic) bond motifs is 2. The van der Waals surface area contributed by atoms with Crippen molar-refractivity contribution in [1.29, 1.82) is 5.26 Å². The highest BCUT2D eigenvalue weighted by molar-refractivity contribution is 6.13. The van der Waals surface area contributed by atoms with Crippen LogP contribution in [0, 0.1) is 11.3 Å².